The molecule has 0 unspecified atom stereocenters. The van der Waals surface area contributed by atoms with Gasteiger partial charge in [-0.05, 0) is 37.4 Å². The van der Waals surface area contributed by atoms with Gasteiger partial charge in [0.2, 0.25) is 5.76 Å². The van der Waals surface area contributed by atoms with Crippen LogP contribution in [-0.2, 0) is 0 Å². The summed E-state index contributed by atoms with van der Waals surface area (Å²) in [6.45, 7) is 3.62. The van der Waals surface area contributed by atoms with Gasteiger partial charge >= 0.3 is 0 Å². The van der Waals surface area contributed by atoms with E-state index in [4.69, 9.17) is 16.0 Å². The van der Waals surface area contributed by atoms with Crippen LogP contribution in [0.3, 0.4) is 0 Å². The van der Waals surface area contributed by atoms with E-state index in [0.29, 0.717) is 16.9 Å². The first-order valence-corrected chi connectivity index (χ1v) is 6.35. The third kappa shape index (κ3) is 2.07. The molecule has 0 aliphatic carbocycles. The van der Waals surface area contributed by atoms with Crippen LogP contribution < -0.4 is 5.32 Å². The van der Waals surface area contributed by atoms with Gasteiger partial charge in [0.25, 0.3) is 5.91 Å². The van der Waals surface area contributed by atoms with Crippen LogP contribution in [0.2, 0.25) is 5.02 Å². The molecule has 2 aliphatic heterocycles. The van der Waals surface area contributed by atoms with Crippen LogP contribution in [0.1, 0.15) is 17.0 Å². The van der Waals surface area contributed by atoms with Crippen LogP contribution >= 0.6 is 11.6 Å². The zero-order valence-corrected chi connectivity index (χ0v) is 10.2. The van der Waals surface area contributed by atoms with Crippen molar-refractivity contribution in [1.29, 1.82) is 0 Å². The predicted molar refractivity (Wildman–Crippen MR) is 64.1 cm³/mol. The molecule has 0 spiro atoms. The average Bonchev–Trinajstić information content (AvgIpc) is 2.74. The number of halogens is 1. The number of hydrogen-bond donors (Lipinski definition) is 1. The maximum Gasteiger partial charge on any atom is 0.291 e. The summed E-state index contributed by atoms with van der Waals surface area (Å²) >= 11 is 5.92. The second-order valence-corrected chi connectivity index (χ2v) is 5.34. The molecule has 2 saturated heterocycles. The van der Waals surface area contributed by atoms with E-state index in [1.807, 2.05) is 4.90 Å². The van der Waals surface area contributed by atoms with Crippen molar-refractivity contribution in [2.24, 2.45) is 11.8 Å². The zero-order chi connectivity index (χ0) is 11.8. The minimum Gasteiger partial charge on any atom is -0.458 e. The van der Waals surface area contributed by atoms with E-state index < -0.39 is 0 Å². The fraction of sp³-hybridized carbons (Fsp3) is 0.583. The van der Waals surface area contributed by atoms with Crippen molar-refractivity contribution in [1.82, 2.24) is 10.2 Å². The van der Waals surface area contributed by atoms with Crippen molar-refractivity contribution < 1.29 is 9.21 Å². The first-order valence-electron chi connectivity index (χ1n) is 5.97. The van der Waals surface area contributed by atoms with Gasteiger partial charge in [0.05, 0.1) is 11.3 Å². The summed E-state index contributed by atoms with van der Waals surface area (Å²) in [5, 5.41) is 3.81. The second kappa shape index (κ2) is 4.35. The number of piperidine rings is 2. The van der Waals surface area contributed by atoms with Gasteiger partial charge in [0.1, 0.15) is 0 Å². The van der Waals surface area contributed by atoms with E-state index in [9.17, 15) is 4.79 Å². The van der Waals surface area contributed by atoms with E-state index >= 15 is 0 Å². The Morgan fingerprint density at radius 2 is 2.12 bits per heavy atom. The van der Waals surface area contributed by atoms with Gasteiger partial charge in [-0.2, -0.15) is 0 Å². The SMILES string of the molecule is O=C(c1occc1Cl)N1C[C@@H]2CNC[C@@H](C2)C1. The minimum atomic E-state index is -0.0726. The van der Waals surface area contributed by atoms with Gasteiger partial charge in [-0.25, -0.2) is 0 Å². The smallest absolute Gasteiger partial charge is 0.291 e. The van der Waals surface area contributed by atoms with Gasteiger partial charge in [0.15, 0.2) is 0 Å². The maximum atomic E-state index is 12.2. The van der Waals surface area contributed by atoms with E-state index in [-0.39, 0.29) is 11.7 Å². The Hall–Kier alpha value is -1.00. The van der Waals surface area contributed by atoms with E-state index in [2.05, 4.69) is 5.32 Å². The molecule has 1 aromatic heterocycles. The number of amides is 1. The van der Waals surface area contributed by atoms with Gasteiger partial charge < -0.3 is 14.6 Å². The molecule has 2 fully saturated rings. The first-order chi connectivity index (χ1) is 8.24. The Morgan fingerprint density at radius 1 is 1.41 bits per heavy atom. The highest BCUT2D eigenvalue weighted by molar-refractivity contribution is 6.33. The van der Waals surface area contributed by atoms with Crippen molar-refractivity contribution in [2.45, 2.75) is 6.42 Å². The number of furan rings is 1. The fourth-order valence-corrected chi connectivity index (χ4v) is 3.04. The molecule has 17 heavy (non-hydrogen) atoms. The highest BCUT2D eigenvalue weighted by Crippen LogP contribution is 2.27. The molecule has 92 valence electrons. The highest BCUT2D eigenvalue weighted by Gasteiger charge is 2.34. The third-order valence-corrected chi connectivity index (χ3v) is 3.89. The number of hydrogen-bond acceptors (Lipinski definition) is 3. The van der Waals surface area contributed by atoms with Crippen molar-refractivity contribution in [2.75, 3.05) is 26.2 Å². The molecule has 2 atom stereocenters. The Labute approximate surface area is 105 Å². The lowest BCUT2D eigenvalue weighted by atomic mass is 9.86. The molecule has 3 rings (SSSR count). The predicted octanol–water partition coefficient (Wildman–Crippen LogP) is 1.61. The number of nitrogens with zero attached hydrogens (tertiary/aromatic N) is 1. The fourth-order valence-electron chi connectivity index (χ4n) is 2.86. The van der Waals surface area contributed by atoms with E-state index in [1.54, 1.807) is 6.07 Å². The van der Waals surface area contributed by atoms with Gasteiger partial charge in [-0.3, -0.25) is 4.79 Å². The molecule has 2 aliphatic rings. The van der Waals surface area contributed by atoms with Crippen molar-refractivity contribution in [3.8, 4) is 0 Å². The van der Waals surface area contributed by atoms with Crippen molar-refractivity contribution >= 4 is 17.5 Å². The maximum absolute atomic E-state index is 12.2. The van der Waals surface area contributed by atoms with Gasteiger partial charge in [-0.15, -0.1) is 0 Å². The molecule has 1 aromatic rings. The third-order valence-electron chi connectivity index (χ3n) is 3.59. The minimum absolute atomic E-state index is 0.0726. The van der Waals surface area contributed by atoms with Crippen LogP contribution in [0, 0.1) is 11.8 Å². The molecule has 0 radical (unpaired) electrons. The molecular weight excluding hydrogens is 240 g/mol. The largest absolute Gasteiger partial charge is 0.458 e. The Morgan fingerprint density at radius 3 is 2.71 bits per heavy atom. The van der Waals surface area contributed by atoms with Gasteiger partial charge in [-0.1, -0.05) is 11.6 Å². The van der Waals surface area contributed by atoms with Crippen molar-refractivity contribution in [3.63, 3.8) is 0 Å². The zero-order valence-electron chi connectivity index (χ0n) is 9.49. The number of fused-ring (bicyclic) bond motifs is 2. The number of carbonyl (C=O) groups excluding carboxylic acids is 1. The molecule has 0 saturated carbocycles. The summed E-state index contributed by atoms with van der Waals surface area (Å²) < 4.78 is 5.16. The number of likely N-dealkylation sites (tertiary alicyclic amines) is 1. The molecule has 0 aromatic carbocycles. The Kier molecular flexibility index (Phi) is 2.84. The summed E-state index contributed by atoms with van der Waals surface area (Å²) in [6.07, 6.45) is 2.69. The summed E-state index contributed by atoms with van der Waals surface area (Å²) in [6, 6.07) is 1.61. The Balaban J connectivity index is 1.76. The van der Waals surface area contributed by atoms with Crippen LogP contribution in [0.5, 0.6) is 0 Å². The topological polar surface area (TPSA) is 45.5 Å². The summed E-state index contributed by atoms with van der Waals surface area (Å²) in [5.41, 5.74) is 0. The summed E-state index contributed by atoms with van der Waals surface area (Å²) in [4.78, 5) is 14.1. The summed E-state index contributed by atoms with van der Waals surface area (Å²) in [7, 11) is 0. The molecule has 4 nitrogen and oxygen atoms in total. The second-order valence-electron chi connectivity index (χ2n) is 4.93. The van der Waals surface area contributed by atoms with Crippen LogP contribution in [0.4, 0.5) is 0 Å². The quantitative estimate of drug-likeness (QED) is 0.828. The molecule has 3 heterocycles. The first kappa shape index (κ1) is 11.1. The average molecular weight is 255 g/mol. The lowest BCUT2D eigenvalue weighted by Crippen LogP contribution is -2.52. The standard InChI is InChI=1S/C12H15ClN2O2/c13-10-1-2-17-11(10)12(16)15-6-8-3-9(7-15)5-14-4-8/h1-2,8-9,14H,3-7H2/t8-,9+. The van der Waals surface area contributed by atoms with Crippen LogP contribution in [0.15, 0.2) is 16.7 Å². The highest BCUT2D eigenvalue weighted by atomic mass is 35.5. The molecule has 5 heteroatoms. The number of nitrogens with one attached hydrogen (secondary N) is 1. The normalized spacial score (nSPS) is 28.2. The monoisotopic (exact) mass is 254 g/mol. The molecular formula is C12H15ClN2O2. The Bertz CT molecular complexity index is 420. The molecule has 2 bridgehead atoms. The van der Waals surface area contributed by atoms with Gasteiger partial charge in [0, 0.05) is 13.1 Å². The molecule has 1 amide bonds. The van der Waals surface area contributed by atoms with Crippen LogP contribution in [0.25, 0.3) is 0 Å². The lowest BCUT2D eigenvalue weighted by Gasteiger charge is -2.41. The summed E-state index contributed by atoms with van der Waals surface area (Å²) in [5.74, 6) is 1.34. The van der Waals surface area contributed by atoms with Crippen molar-refractivity contribution in [3.05, 3.63) is 23.1 Å². The van der Waals surface area contributed by atoms with E-state index in [1.165, 1.54) is 12.7 Å². The lowest BCUT2D eigenvalue weighted by molar-refractivity contribution is 0.0508. The number of carbonyl (C=O) groups is 1. The van der Waals surface area contributed by atoms with E-state index in [0.717, 1.165) is 26.2 Å². The molecule has 1 N–H and O–H groups in total. The van der Waals surface area contributed by atoms with Crippen LogP contribution in [-0.4, -0.2) is 37.0 Å². The number of rotatable bonds is 1.